The molecule has 0 spiro atoms. The Kier molecular flexibility index (Phi) is 7.72. The highest BCUT2D eigenvalue weighted by molar-refractivity contribution is 8.03. The third kappa shape index (κ3) is 5.91. The lowest BCUT2D eigenvalue weighted by molar-refractivity contribution is -0.140. The number of amides is 2. The summed E-state index contributed by atoms with van der Waals surface area (Å²) in [6, 6.07) is 8.58. The molecular formula is C19H24N2O4S. The maximum atomic E-state index is 12.4. The molecule has 2 N–H and O–H groups in total. The monoisotopic (exact) mass is 376 g/mol. The van der Waals surface area contributed by atoms with Crippen molar-refractivity contribution < 1.29 is 19.1 Å². The molecule has 0 unspecified atom stereocenters. The van der Waals surface area contributed by atoms with Crippen molar-refractivity contribution in [1.29, 1.82) is 0 Å². The molecule has 7 heteroatoms. The number of hydrogen-bond donors (Lipinski definition) is 2. The smallest absolute Gasteiger partial charge is 0.305 e. The van der Waals surface area contributed by atoms with Crippen molar-refractivity contribution in [1.82, 2.24) is 10.6 Å². The summed E-state index contributed by atoms with van der Waals surface area (Å²) in [6.45, 7) is 1.47. The van der Waals surface area contributed by atoms with Gasteiger partial charge in [0.25, 0.3) is 5.91 Å². The van der Waals surface area contributed by atoms with E-state index in [-0.39, 0.29) is 29.9 Å². The van der Waals surface area contributed by atoms with E-state index in [1.807, 2.05) is 24.3 Å². The number of benzene rings is 1. The van der Waals surface area contributed by atoms with E-state index in [1.165, 1.54) is 14.0 Å². The molecule has 0 bridgehead atoms. The zero-order valence-corrected chi connectivity index (χ0v) is 15.8. The summed E-state index contributed by atoms with van der Waals surface area (Å²) in [4.78, 5) is 36.2. The molecule has 0 aliphatic carbocycles. The van der Waals surface area contributed by atoms with Crippen LogP contribution in [0.15, 0.2) is 41.3 Å². The Morgan fingerprint density at radius 3 is 2.62 bits per heavy atom. The maximum Gasteiger partial charge on any atom is 0.305 e. The van der Waals surface area contributed by atoms with Crippen molar-refractivity contribution in [2.45, 2.75) is 38.3 Å². The van der Waals surface area contributed by atoms with E-state index in [9.17, 15) is 14.4 Å². The summed E-state index contributed by atoms with van der Waals surface area (Å²) in [6.07, 6.45) is 3.80. The molecule has 0 saturated carbocycles. The Morgan fingerprint density at radius 2 is 1.96 bits per heavy atom. The van der Waals surface area contributed by atoms with Gasteiger partial charge in [-0.2, -0.15) is 0 Å². The molecule has 1 aliphatic rings. The molecule has 0 radical (unpaired) electrons. The fraction of sp³-hybridized carbons (Fsp3) is 0.421. The second-order valence-electron chi connectivity index (χ2n) is 6.01. The number of ether oxygens (including phenoxy) is 1. The first-order valence-corrected chi connectivity index (χ1v) is 9.52. The summed E-state index contributed by atoms with van der Waals surface area (Å²) >= 11 is 1.62. The Hall–Kier alpha value is -2.28. The van der Waals surface area contributed by atoms with Crippen LogP contribution in [0.3, 0.4) is 0 Å². The largest absolute Gasteiger partial charge is 0.469 e. The zero-order chi connectivity index (χ0) is 18.9. The molecule has 140 valence electrons. The van der Waals surface area contributed by atoms with Crippen LogP contribution in [0.2, 0.25) is 0 Å². The first kappa shape index (κ1) is 20.0. The van der Waals surface area contributed by atoms with Crippen LogP contribution < -0.4 is 10.6 Å². The van der Waals surface area contributed by atoms with Crippen molar-refractivity contribution >= 4 is 29.5 Å². The van der Waals surface area contributed by atoms with E-state index in [0.29, 0.717) is 30.6 Å². The fourth-order valence-corrected chi connectivity index (χ4v) is 3.99. The highest BCUT2D eigenvalue weighted by Crippen LogP contribution is 2.32. The van der Waals surface area contributed by atoms with Gasteiger partial charge in [-0.25, -0.2) is 0 Å². The van der Waals surface area contributed by atoms with Crippen LogP contribution in [0.4, 0.5) is 0 Å². The van der Waals surface area contributed by atoms with Gasteiger partial charge in [-0.15, -0.1) is 11.8 Å². The number of rotatable bonds is 7. The van der Waals surface area contributed by atoms with Crippen LogP contribution in [0.1, 0.15) is 36.5 Å². The van der Waals surface area contributed by atoms with Gasteiger partial charge in [0.1, 0.15) is 0 Å². The number of unbranched alkanes of at least 4 members (excludes halogenated alkanes) is 1. The summed E-state index contributed by atoms with van der Waals surface area (Å²) in [7, 11) is 1.38. The Bertz CT molecular complexity index is 675. The summed E-state index contributed by atoms with van der Waals surface area (Å²) < 4.78 is 4.63. The third-order valence-corrected chi connectivity index (χ3v) is 5.29. The van der Waals surface area contributed by atoms with Gasteiger partial charge in [-0.05, 0) is 25.0 Å². The number of carbonyl (C=O) groups excluding carboxylic acids is 3. The number of nitrogens with one attached hydrogen (secondary N) is 2. The van der Waals surface area contributed by atoms with Gasteiger partial charge in [-0.3, -0.25) is 14.4 Å². The topological polar surface area (TPSA) is 84.5 Å². The molecule has 1 saturated heterocycles. The average molecular weight is 376 g/mol. The van der Waals surface area contributed by atoms with Crippen molar-refractivity contribution in [2.24, 2.45) is 0 Å². The molecule has 1 fully saturated rings. The van der Waals surface area contributed by atoms with Crippen molar-refractivity contribution in [3.63, 3.8) is 0 Å². The lowest BCUT2D eigenvalue weighted by Crippen LogP contribution is -2.50. The first-order chi connectivity index (χ1) is 12.5. The van der Waals surface area contributed by atoms with Gasteiger partial charge in [-0.1, -0.05) is 24.3 Å². The molecule has 26 heavy (non-hydrogen) atoms. The van der Waals surface area contributed by atoms with Crippen LogP contribution in [-0.2, 0) is 14.3 Å². The van der Waals surface area contributed by atoms with E-state index < -0.39 is 0 Å². The summed E-state index contributed by atoms with van der Waals surface area (Å²) in [5.74, 6) is 0.163. The van der Waals surface area contributed by atoms with Gasteiger partial charge >= 0.3 is 5.97 Å². The van der Waals surface area contributed by atoms with Gasteiger partial charge in [0, 0.05) is 29.6 Å². The number of carbonyl (C=O) groups is 3. The van der Waals surface area contributed by atoms with Crippen LogP contribution >= 0.6 is 11.8 Å². The number of methoxy groups -OCH3 is 1. The molecule has 1 aromatic carbocycles. The molecule has 1 aromatic rings. The lowest BCUT2D eigenvalue weighted by Gasteiger charge is -2.22. The van der Waals surface area contributed by atoms with E-state index in [2.05, 4.69) is 15.4 Å². The molecule has 6 nitrogen and oxygen atoms in total. The van der Waals surface area contributed by atoms with Gasteiger partial charge in [0.2, 0.25) is 5.91 Å². The van der Waals surface area contributed by atoms with E-state index in [0.717, 1.165) is 4.91 Å². The van der Waals surface area contributed by atoms with Gasteiger partial charge in [0.15, 0.2) is 0 Å². The summed E-state index contributed by atoms with van der Waals surface area (Å²) in [5, 5.41) is 5.93. The van der Waals surface area contributed by atoms with Crippen LogP contribution in [-0.4, -0.2) is 42.7 Å². The van der Waals surface area contributed by atoms with E-state index in [1.54, 1.807) is 23.9 Å². The van der Waals surface area contributed by atoms with Crippen LogP contribution in [0.5, 0.6) is 0 Å². The predicted octanol–water partition coefficient (Wildman–Crippen LogP) is 2.26. The number of esters is 1. The number of allylic oxidation sites excluding steroid dienone is 1. The molecule has 2 atom stereocenters. The molecule has 1 aliphatic heterocycles. The van der Waals surface area contributed by atoms with Crippen LogP contribution in [0, 0.1) is 0 Å². The summed E-state index contributed by atoms with van der Waals surface area (Å²) in [5.41, 5.74) is 0.592. The normalized spacial score (nSPS) is 20.6. The number of hydrogen-bond acceptors (Lipinski definition) is 5. The molecule has 2 rings (SSSR count). The van der Waals surface area contributed by atoms with E-state index in [4.69, 9.17) is 0 Å². The Balaban J connectivity index is 1.99. The fourth-order valence-electron chi connectivity index (χ4n) is 2.71. The predicted molar refractivity (Wildman–Crippen MR) is 102 cm³/mol. The average Bonchev–Trinajstić information content (AvgIpc) is 3.00. The number of thioether (sulfide) groups is 1. The van der Waals surface area contributed by atoms with Crippen molar-refractivity contribution in [3.8, 4) is 0 Å². The quantitative estimate of drug-likeness (QED) is 0.563. The van der Waals surface area contributed by atoms with Crippen molar-refractivity contribution in [2.75, 3.05) is 12.9 Å². The minimum Gasteiger partial charge on any atom is -0.469 e. The molecule has 0 aromatic heterocycles. The van der Waals surface area contributed by atoms with Crippen molar-refractivity contribution in [3.05, 3.63) is 46.9 Å². The second kappa shape index (κ2) is 10.0. The second-order valence-corrected chi connectivity index (χ2v) is 7.10. The molecule has 1 heterocycles. The van der Waals surface area contributed by atoms with E-state index >= 15 is 0 Å². The third-order valence-electron chi connectivity index (χ3n) is 4.01. The zero-order valence-electron chi connectivity index (χ0n) is 15.0. The minimum atomic E-state index is -0.247. The van der Waals surface area contributed by atoms with Crippen LogP contribution in [0.25, 0.3) is 0 Å². The molecule has 2 amide bonds. The van der Waals surface area contributed by atoms with Gasteiger partial charge in [0.05, 0.1) is 19.2 Å². The Labute approximate surface area is 157 Å². The highest BCUT2D eigenvalue weighted by Gasteiger charge is 2.34. The maximum absolute atomic E-state index is 12.4. The lowest BCUT2D eigenvalue weighted by atomic mass is 10.1. The first-order valence-electron chi connectivity index (χ1n) is 8.54. The minimum absolute atomic E-state index is 0.142. The standard InChI is InChI=1S/C19H24N2O4S/c1-13(22)20-18-15(21-19(24)14-8-4-3-5-9-14)12-26-16(18)10-6-7-11-17(23)25-2/h3-5,8-10,15,18H,6-7,11-12H2,1-2H3,(H,20,22)(H,21,24)/b16-10+/t15-,18-/m1/s1. The molecular weight excluding hydrogens is 352 g/mol. The highest BCUT2D eigenvalue weighted by atomic mass is 32.2. The Morgan fingerprint density at radius 1 is 1.23 bits per heavy atom. The SMILES string of the molecule is COC(=O)CCC/C=C1/SC[C@@H](NC(=O)c2ccccc2)[C@H]1NC(C)=O. The van der Waals surface area contributed by atoms with Gasteiger partial charge < -0.3 is 15.4 Å².